The van der Waals surface area contributed by atoms with Crippen LogP contribution in [0.15, 0.2) is 12.1 Å². The molecule has 1 aliphatic rings. The van der Waals surface area contributed by atoms with Gasteiger partial charge in [-0.15, -0.1) is 0 Å². The highest BCUT2D eigenvalue weighted by atomic mass is 35.5. The Morgan fingerprint density at radius 3 is 2.35 bits per heavy atom. The highest BCUT2D eigenvalue weighted by Crippen LogP contribution is 2.45. The van der Waals surface area contributed by atoms with E-state index in [9.17, 15) is 0 Å². The molecule has 2 atom stereocenters. The standard InChI is InChI=1S/C16H24ClNO2/c1-5-18-16(10(2)11-6-7-11)12-8-14(19-3)15(20-4)9-13(12)17/h8-11,16,18H,5-7H2,1-4H3. The number of hydrogen-bond acceptors (Lipinski definition) is 3. The summed E-state index contributed by atoms with van der Waals surface area (Å²) >= 11 is 6.46. The van der Waals surface area contributed by atoms with Crippen LogP contribution in [-0.4, -0.2) is 20.8 Å². The van der Waals surface area contributed by atoms with Crippen molar-refractivity contribution in [2.24, 2.45) is 11.8 Å². The number of hydrogen-bond donors (Lipinski definition) is 1. The van der Waals surface area contributed by atoms with Crippen LogP contribution >= 0.6 is 11.6 Å². The van der Waals surface area contributed by atoms with Crippen LogP contribution in [0.1, 0.15) is 38.3 Å². The molecule has 1 fully saturated rings. The van der Waals surface area contributed by atoms with Gasteiger partial charge in [-0.3, -0.25) is 0 Å². The Labute approximate surface area is 126 Å². The third kappa shape index (κ3) is 3.21. The molecule has 1 aromatic carbocycles. The Bertz CT molecular complexity index is 460. The predicted molar refractivity (Wildman–Crippen MR) is 82.9 cm³/mol. The molecule has 1 N–H and O–H groups in total. The Hall–Kier alpha value is -0.930. The van der Waals surface area contributed by atoms with Crippen molar-refractivity contribution < 1.29 is 9.47 Å². The lowest BCUT2D eigenvalue weighted by Crippen LogP contribution is -2.28. The van der Waals surface area contributed by atoms with Gasteiger partial charge < -0.3 is 14.8 Å². The lowest BCUT2D eigenvalue weighted by atomic mass is 9.90. The lowest BCUT2D eigenvalue weighted by Gasteiger charge is -2.27. The number of methoxy groups -OCH3 is 2. The van der Waals surface area contributed by atoms with E-state index in [1.165, 1.54) is 12.8 Å². The van der Waals surface area contributed by atoms with Crippen LogP contribution in [0.3, 0.4) is 0 Å². The molecule has 0 aromatic heterocycles. The predicted octanol–water partition coefficient (Wildman–Crippen LogP) is 4.05. The van der Waals surface area contributed by atoms with Crippen molar-refractivity contribution in [3.8, 4) is 11.5 Å². The van der Waals surface area contributed by atoms with Crippen molar-refractivity contribution in [2.75, 3.05) is 20.8 Å². The topological polar surface area (TPSA) is 30.5 Å². The fourth-order valence-electron chi connectivity index (χ4n) is 2.80. The van der Waals surface area contributed by atoms with E-state index in [-0.39, 0.29) is 6.04 Å². The van der Waals surface area contributed by atoms with E-state index in [1.54, 1.807) is 14.2 Å². The first-order valence-electron chi connectivity index (χ1n) is 7.27. The zero-order valence-corrected chi connectivity index (χ0v) is 13.5. The second kappa shape index (κ2) is 6.68. The SMILES string of the molecule is CCNC(c1cc(OC)c(OC)cc1Cl)C(C)C1CC1. The molecular formula is C16H24ClNO2. The summed E-state index contributed by atoms with van der Waals surface area (Å²) in [5.41, 5.74) is 1.10. The van der Waals surface area contributed by atoms with E-state index >= 15 is 0 Å². The highest BCUT2D eigenvalue weighted by Gasteiger charge is 2.34. The average Bonchev–Trinajstić information content (AvgIpc) is 3.28. The van der Waals surface area contributed by atoms with Gasteiger partial charge in [0.15, 0.2) is 11.5 Å². The smallest absolute Gasteiger partial charge is 0.162 e. The molecule has 2 rings (SSSR count). The number of halogens is 1. The van der Waals surface area contributed by atoms with Gasteiger partial charge in [0.05, 0.1) is 14.2 Å². The molecule has 112 valence electrons. The molecule has 0 aliphatic heterocycles. The molecule has 20 heavy (non-hydrogen) atoms. The summed E-state index contributed by atoms with van der Waals surface area (Å²) in [6.07, 6.45) is 2.65. The molecule has 0 radical (unpaired) electrons. The van der Waals surface area contributed by atoms with Gasteiger partial charge in [-0.05, 0) is 42.9 Å². The first-order chi connectivity index (χ1) is 9.62. The molecule has 0 saturated heterocycles. The van der Waals surface area contributed by atoms with Gasteiger partial charge in [-0.1, -0.05) is 25.4 Å². The molecule has 2 unspecified atom stereocenters. The van der Waals surface area contributed by atoms with Crippen molar-refractivity contribution in [3.63, 3.8) is 0 Å². The molecule has 1 saturated carbocycles. The van der Waals surface area contributed by atoms with Gasteiger partial charge >= 0.3 is 0 Å². The van der Waals surface area contributed by atoms with E-state index in [0.29, 0.717) is 11.7 Å². The fourth-order valence-corrected chi connectivity index (χ4v) is 3.07. The maximum Gasteiger partial charge on any atom is 0.162 e. The number of ether oxygens (including phenoxy) is 2. The van der Waals surface area contributed by atoms with Crippen molar-refractivity contribution in [1.82, 2.24) is 5.32 Å². The maximum absolute atomic E-state index is 6.46. The summed E-state index contributed by atoms with van der Waals surface area (Å²) in [6, 6.07) is 4.12. The van der Waals surface area contributed by atoms with Crippen LogP contribution in [-0.2, 0) is 0 Å². The Kier molecular flexibility index (Phi) is 5.17. The van der Waals surface area contributed by atoms with E-state index in [1.807, 2.05) is 12.1 Å². The largest absolute Gasteiger partial charge is 0.493 e. The quantitative estimate of drug-likeness (QED) is 0.823. The minimum atomic E-state index is 0.264. The third-order valence-corrected chi connectivity index (χ3v) is 4.48. The number of rotatable bonds is 7. The zero-order chi connectivity index (χ0) is 14.7. The first kappa shape index (κ1) is 15.5. The fraction of sp³-hybridized carbons (Fsp3) is 0.625. The second-order valence-electron chi connectivity index (χ2n) is 5.46. The minimum Gasteiger partial charge on any atom is -0.493 e. The summed E-state index contributed by atoms with van der Waals surface area (Å²) in [5, 5.41) is 4.31. The average molecular weight is 298 g/mol. The van der Waals surface area contributed by atoms with Crippen LogP contribution in [0, 0.1) is 11.8 Å². The van der Waals surface area contributed by atoms with Crippen molar-refractivity contribution in [2.45, 2.75) is 32.7 Å². The molecular weight excluding hydrogens is 274 g/mol. The normalized spacial score (nSPS) is 17.6. The van der Waals surface area contributed by atoms with E-state index in [4.69, 9.17) is 21.1 Å². The molecule has 0 amide bonds. The minimum absolute atomic E-state index is 0.264. The lowest BCUT2D eigenvalue weighted by molar-refractivity contribution is 0.342. The van der Waals surface area contributed by atoms with Crippen LogP contribution < -0.4 is 14.8 Å². The summed E-state index contributed by atoms with van der Waals surface area (Å²) < 4.78 is 10.7. The van der Waals surface area contributed by atoms with Gasteiger partial charge in [0.25, 0.3) is 0 Å². The molecule has 0 bridgehead atoms. The maximum atomic E-state index is 6.46. The van der Waals surface area contributed by atoms with Crippen LogP contribution in [0.5, 0.6) is 11.5 Å². The number of benzene rings is 1. The molecule has 3 nitrogen and oxygen atoms in total. The van der Waals surface area contributed by atoms with Gasteiger partial charge in [0, 0.05) is 17.1 Å². The molecule has 0 spiro atoms. The summed E-state index contributed by atoms with van der Waals surface area (Å²) in [4.78, 5) is 0. The van der Waals surface area contributed by atoms with Crippen molar-refractivity contribution in [1.29, 1.82) is 0 Å². The second-order valence-corrected chi connectivity index (χ2v) is 5.87. The Morgan fingerprint density at radius 1 is 1.25 bits per heavy atom. The van der Waals surface area contributed by atoms with Crippen molar-refractivity contribution >= 4 is 11.6 Å². The van der Waals surface area contributed by atoms with Crippen LogP contribution in [0.4, 0.5) is 0 Å². The van der Waals surface area contributed by atoms with Gasteiger partial charge in [0.1, 0.15) is 0 Å². The van der Waals surface area contributed by atoms with Gasteiger partial charge in [-0.25, -0.2) is 0 Å². The summed E-state index contributed by atoms with van der Waals surface area (Å²) in [7, 11) is 3.28. The zero-order valence-electron chi connectivity index (χ0n) is 12.7. The molecule has 4 heteroatoms. The monoisotopic (exact) mass is 297 g/mol. The summed E-state index contributed by atoms with van der Waals surface area (Å²) in [6.45, 7) is 5.35. The van der Waals surface area contributed by atoms with E-state index < -0.39 is 0 Å². The first-order valence-corrected chi connectivity index (χ1v) is 7.64. The Morgan fingerprint density at radius 2 is 1.85 bits per heavy atom. The van der Waals surface area contributed by atoms with Crippen LogP contribution in [0.25, 0.3) is 0 Å². The van der Waals surface area contributed by atoms with E-state index in [2.05, 4.69) is 19.2 Å². The Balaban J connectivity index is 2.36. The third-order valence-electron chi connectivity index (χ3n) is 4.15. The van der Waals surface area contributed by atoms with Crippen molar-refractivity contribution in [3.05, 3.63) is 22.7 Å². The molecule has 1 aliphatic carbocycles. The molecule has 1 aromatic rings. The van der Waals surface area contributed by atoms with Gasteiger partial charge in [-0.2, -0.15) is 0 Å². The van der Waals surface area contributed by atoms with E-state index in [0.717, 1.165) is 28.8 Å². The van der Waals surface area contributed by atoms with Gasteiger partial charge in [0.2, 0.25) is 0 Å². The molecule has 0 heterocycles. The number of nitrogens with one attached hydrogen (secondary N) is 1. The summed E-state index contributed by atoms with van der Waals surface area (Å²) in [5.74, 6) is 2.79. The van der Waals surface area contributed by atoms with Crippen LogP contribution in [0.2, 0.25) is 5.02 Å². The highest BCUT2D eigenvalue weighted by molar-refractivity contribution is 6.31.